The van der Waals surface area contributed by atoms with Gasteiger partial charge in [-0.05, 0) is 13.0 Å². The Morgan fingerprint density at radius 1 is 1.42 bits per heavy atom. The maximum atomic E-state index is 10.9. The summed E-state index contributed by atoms with van der Waals surface area (Å²) in [7, 11) is 1.87. The molecule has 0 aliphatic carbocycles. The summed E-state index contributed by atoms with van der Waals surface area (Å²) in [6.07, 6.45) is 1.73. The summed E-state index contributed by atoms with van der Waals surface area (Å²) in [4.78, 5) is 10.6. The highest BCUT2D eigenvalue weighted by Gasteiger charge is 2.14. The molecule has 6 heteroatoms. The number of nitro groups is 1. The third kappa shape index (κ3) is 2.97. The molecule has 0 saturated carbocycles. The van der Waals surface area contributed by atoms with Crippen LogP contribution in [0, 0.1) is 10.1 Å². The van der Waals surface area contributed by atoms with E-state index in [4.69, 9.17) is 0 Å². The Balaban J connectivity index is 2.07. The van der Waals surface area contributed by atoms with Gasteiger partial charge in [-0.3, -0.25) is 14.8 Å². The van der Waals surface area contributed by atoms with Crippen LogP contribution in [0.5, 0.6) is 0 Å². The van der Waals surface area contributed by atoms with E-state index >= 15 is 0 Å². The van der Waals surface area contributed by atoms with E-state index in [9.17, 15) is 10.1 Å². The zero-order chi connectivity index (χ0) is 13.8. The second-order valence-electron chi connectivity index (χ2n) is 4.37. The number of rotatable bonds is 5. The lowest BCUT2D eigenvalue weighted by molar-refractivity contribution is -0.385. The van der Waals surface area contributed by atoms with Crippen molar-refractivity contribution in [2.75, 3.05) is 0 Å². The minimum Gasteiger partial charge on any atom is -0.304 e. The van der Waals surface area contributed by atoms with Crippen molar-refractivity contribution >= 4 is 5.69 Å². The molecule has 1 atom stereocenters. The summed E-state index contributed by atoms with van der Waals surface area (Å²) >= 11 is 0. The second-order valence-corrected chi connectivity index (χ2v) is 4.37. The third-order valence-corrected chi connectivity index (χ3v) is 3.09. The molecule has 0 spiro atoms. The predicted molar refractivity (Wildman–Crippen MR) is 71.6 cm³/mol. The number of aryl methyl sites for hydroxylation is 1. The van der Waals surface area contributed by atoms with E-state index in [2.05, 4.69) is 10.4 Å². The minimum atomic E-state index is -0.355. The van der Waals surface area contributed by atoms with Gasteiger partial charge in [-0.2, -0.15) is 5.10 Å². The number of hydrogen-bond acceptors (Lipinski definition) is 4. The van der Waals surface area contributed by atoms with E-state index in [0.29, 0.717) is 12.1 Å². The first kappa shape index (κ1) is 13.2. The van der Waals surface area contributed by atoms with Crippen LogP contribution < -0.4 is 5.32 Å². The van der Waals surface area contributed by atoms with Crippen LogP contribution in [0.4, 0.5) is 5.69 Å². The van der Waals surface area contributed by atoms with Gasteiger partial charge >= 0.3 is 0 Å². The summed E-state index contributed by atoms with van der Waals surface area (Å²) in [5, 5.41) is 18.3. The Morgan fingerprint density at radius 2 is 2.16 bits per heavy atom. The van der Waals surface area contributed by atoms with Gasteiger partial charge in [0.05, 0.1) is 10.6 Å². The summed E-state index contributed by atoms with van der Waals surface area (Å²) in [5.41, 5.74) is 1.87. The fraction of sp³-hybridized carbons (Fsp3) is 0.308. The van der Waals surface area contributed by atoms with Crippen LogP contribution in [0.3, 0.4) is 0 Å². The molecule has 0 radical (unpaired) electrons. The summed E-state index contributed by atoms with van der Waals surface area (Å²) in [5.74, 6) is 0. The monoisotopic (exact) mass is 260 g/mol. The Hall–Kier alpha value is -2.21. The number of nitrogens with one attached hydrogen (secondary N) is 1. The highest BCUT2D eigenvalue weighted by atomic mass is 16.6. The van der Waals surface area contributed by atoms with Gasteiger partial charge in [-0.15, -0.1) is 0 Å². The molecule has 0 amide bonds. The van der Waals surface area contributed by atoms with Crippen LogP contribution >= 0.6 is 0 Å². The second kappa shape index (κ2) is 5.62. The van der Waals surface area contributed by atoms with Gasteiger partial charge in [0, 0.05) is 37.5 Å². The van der Waals surface area contributed by atoms with Gasteiger partial charge in [-0.1, -0.05) is 18.2 Å². The maximum absolute atomic E-state index is 10.9. The van der Waals surface area contributed by atoms with Gasteiger partial charge in [0.15, 0.2) is 0 Å². The van der Waals surface area contributed by atoms with Crippen LogP contribution in [-0.4, -0.2) is 14.7 Å². The van der Waals surface area contributed by atoms with Gasteiger partial charge in [0.1, 0.15) is 0 Å². The first-order chi connectivity index (χ1) is 9.09. The Bertz CT molecular complexity index is 580. The van der Waals surface area contributed by atoms with Gasteiger partial charge in [0.2, 0.25) is 0 Å². The fourth-order valence-electron chi connectivity index (χ4n) is 2.01. The average Bonchev–Trinajstić information content (AvgIpc) is 2.82. The predicted octanol–water partition coefficient (Wildman–Crippen LogP) is 2.18. The van der Waals surface area contributed by atoms with Crippen LogP contribution in [0.2, 0.25) is 0 Å². The highest BCUT2D eigenvalue weighted by Crippen LogP contribution is 2.19. The molecule has 0 saturated heterocycles. The normalized spacial score (nSPS) is 12.3. The van der Waals surface area contributed by atoms with Crippen molar-refractivity contribution in [1.29, 1.82) is 0 Å². The molecule has 0 bridgehead atoms. The van der Waals surface area contributed by atoms with Crippen molar-refractivity contribution < 1.29 is 4.92 Å². The number of hydrogen-bond donors (Lipinski definition) is 1. The molecule has 100 valence electrons. The first-order valence-corrected chi connectivity index (χ1v) is 6.03. The molecule has 0 aliphatic rings. The van der Waals surface area contributed by atoms with Crippen molar-refractivity contribution in [3.8, 4) is 0 Å². The molecule has 0 aliphatic heterocycles. The van der Waals surface area contributed by atoms with E-state index in [1.807, 2.05) is 20.0 Å². The molecule has 1 unspecified atom stereocenters. The van der Waals surface area contributed by atoms with Crippen molar-refractivity contribution in [1.82, 2.24) is 15.1 Å². The van der Waals surface area contributed by atoms with Crippen molar-refractivity contribution in [2.24, 2.45) is 7.05 Å². The van der Waals surface area contributed by atoms with Crippen LogP contribution in [0.25, 0.3) is 0 Å². The number of nitro benzene ring substituents is 1. The number of aromatic nitrogens is 2. The Labute approximate surface area is 111 Å². The van der Waals surface area contributed by atoms with Gasteiger partial charge < -0.3 is 5.32 Å². The Morgan fingerprint density at radius 3 is 2.79 bits per heavy atom. The quantitative estimate of drug-likeness (QED) is 0.660. The summed E-state index contributed by atoms with van der Waals surface area (Å²) in [6, 6.07) is 8.77. The van der Waals surface area contributed by atoms with E-state index in [1.165, 1.54) is 6.07 Å². The van der Waals surface area contributed by atoms with E-state index in [1.54, 1.807) is 29.1 Å². The molecule has 2 aromatic rings. The number of para-hydroxylation sites is 1. The molecular weight excluding hydrogens is 244 g/mol. The molecule has 1 N–H and O–H groups in total. The van der Waals surface area contributed by atoms with Gasteiger partial charge in [0.25, 0.3) is 5.69 Å². The maximum Gasteiger partial charge on any atom is 0.273 e. The molecule has 2 rings (SSSR count). The average molecular weight is 260 g/mol. The van der Waals surface area contributed by atoms with Crippen molar-refractivity contribution in [3.05, 3.63) is 57.9 Å². The van der Waals surface area contributed by atoms with Crippen molar-refractivity contribution in [3.63, 3.8) is 0 Å². The molecule has 1 aromatic carbocycles. The molecule has 0 fully saturated rings. The van der Waals surface area contributed by atoms with Gasteiger partial charge in [-0.25, -0.2) is 0 Å². The smallest absolute Gasteiger partial charge is 0.273 e. The molecule has 1 heterocycles. The fourth-order valence-corrected chi connectivity index (χ4v) is 2.01. The lowest BCUT2D eigenvalue weighted by atomic mass is 10.1. The van der Waals surface area contributed by atoms with Crippen LogP contribution in [0.1, 0.15) is 24.2 Å². The molecule has 6 nitrogen and oxygen atoms in total. The zero-order valence-electron chi connectivity index (χ0n) is 10.9. The lowest BCUT2D eigenvalue weighted by Crippen LogP contribution is -2.21. The van der Waals surface area contributed by atoms with E-state index in [0.717, 1.165) is 5.69 Å². The number of nitrogens with zero attached hydrogens (tertiary/aromatic N) is 3. The van der Waals surface area contributed by atoms with E-state index in [-0.39, 0.29) is 16.7 Å². The summed E-state index contributed by atoms with van der Waals surface area (Å²) < 4.78 is 1.79. The van der Waals surface area contributed by atoms with Crippen LogP contribution in [-0.2, 0) is 13.6 Å². The van der Waals surface area contributed by atoms with Crippen molar-refractivity contribution in [2.45, 2.75) is 19.5 Å². The molecule has 1 aromatic heterocycles. The number of benzene rings is 1. The Kier molecular flexibility index (Phi) is 3.91. The zero-order valence-corrected chi connectivity index (χ0v) is 10.9. The summed E-state index contributed by atoms with van der Waals surface area (Å²) in [6.45, 7) is 2.45. The lowest BCUT2D eigenvalue weighted by Gasteiger charge is -2.14. The molecular formula is C13H16N4O2. The van der Waals surface area contributed by atoms with Crippen LogP contribution in [0.15, 0.2) is 36.5 Å². The van der Waals surface area contributed by atoms with E-state index < -0.39 is 0 Å². The standard InChI is InChI=1S/C13H16N4O2/c1-10(12-7-8-15-16(12)2)14-9-11-5-3-4-6-13(11)17(18)19/h3-8,10,14H,9H2,1-2H3. The topological polar surface area (TPSA) is 73.0 Å². The SMILES string of the molecule is CC(NCc1ccccc1[N+](=O)[O-])c1ccnn1C. The highest BCUT2D eigenvalue weighted by molar-refractivity contribution is 5.39. The first-order valence-electron chi connectivity index (χ1n) is 6.03. The molecule has 19 heavy (non-hydrogen) atoms. The third-order valence-electron chi connectivity index (χ3n) is 3.09. The largest absolute Gasteiger partial charge is 0.304 e. The minimum absolute atomic E-state index is 0.0762.